The van der Waals surface area contributed by atoms with Crippen LogP contribution in [0.4, 0.5) is 0 Å². The monoisotopic (exact) mass is 288 g/mol. The first kappa shape index (κ1) is 17.5. The van der Waals surface area contributed by atoms with Crippen LogP contribution < -0.4 is 4.74 Å². The van der Waals surface area contributed by atoms with Crippen LogP contribution in [0.15, 0.2) is 18.2 Å². The summed E-state index contributed by atoms with van der Waals surface area (Å²) in [7, 11) is 0. The minimum Gasteiger partial charge on any atom is -0.493 e. The topological polar surface area (TPSA) is 26.3 Å². The van der Waals surface area contributed by atoms with Gasteiger partial charge in [0.2, 0.25) is 0 Å². The Morgan fingerprint density at radius 1 is 1.24 bits per heavy atom. The van der Waals surface area contributed by atoms with E-state index in [2.05, 4.69) is 32.1 Å². The van der Waals surface area contributed by atoms with Gasteiger partial charge in [0.1, 0.15) is 11.5 Å². The fourth-order valence-electron chi connectivity index (χ4n) is 2.20. The number of hydrogen-bond donors (Lipinski definition) is 0. The Kier molecular flexibility index (Phi) is 6.19. The Morgan fingerprint density at radius 2 is 1.90 bits per heavy atom. The highest BCUT2D eigenvalue weighted by Gasteiger charge is 2.22. The smallest absolute Gasteiger partial charge is 0.135 e. The molecule has 1 rings (SSSR count). The predicted octanol–water partition coefficient (Wildman–Crippen LogP) is 5.11. The lowest BCUT2D eigenvalue weighted by molar-refractivity contribution is -0.125. The summed E-state index contributed by atoms with van der Waals surface area (Å²) < 4.78 is 5.89. The average molecular weight is 288 g/mol. The highest BCUT2D eigenvalue weighted by Crippen LogP contribution is 2.26. The quantitative estimate of drug-likeness (QED) is 0.652. The molecule has 116 valence electrons. The SMILES string of the molecule is CC=Cc1cc(C)c(OCCCC(C)(C)C(C)=O)cc1C. The molecule has 0 aliphatic carbocycles. The minimum atomic E-state index is -0.246. The van der Waals surface area contributed by atoms with Crippen LogP contribution in [0.5, 0.6) is 5.75 Å². The zero-order valence-corrected chi connectivity index (χ0v) is 14.2. The number of allylic oxidation sites excluding steroid dienone is 1. The van der Waals surface area contributed by atoms with Crippen molar-refractivity contribution in [3.8, 4) is 5.75 Å². The Balaban J connectivity index is 2.61. The summed E-state index contributed by atoms with van der Waals surface area (Å²) in [6, 6.07) is 4.25. The predicted molar refractivity (Wildman–Crippen MR) is 89.8 cm³/mol. The van der Waals surface area contributed by atoms with Gasteiger partial charge in [-0.3, -0.25) is 4.79 Å². The van der Waals surface area contributed by atoms with Gasteiger partial charge < -0.3 is 4.74 Å². The molecule has 0 aliphatic rings. The maximum absolute atomic E-state index is 11.5. The van der Waals surface area contributed by atoms with Gasteiger partial charge in [0, 0.05) is 5.41 Å². The van der Waals surface area contributed by atoms with E-state index in [4.69, 9.17) is 4.74 Å². The van der Waals surface area contributed by atoms with E-state index in [0.29, 0.717) is 6.61 Å². The second-order valence-electron chi connectivity index (χ2n) is 6.37. The van der Waals surface area contributed by atoms with Crippen LogP contribution in [0.1, 0.15) is 57.2 Å². The van der Waals surface area contributed by atoms with Crippen LogP contribution in [-0.4, -0.2) is 12.4 Å². The summed E-state index contributed by atoms with van der Waals surface area (Å²) in [4.78, 5) is 11.5. The molecule has 0 unspecified atom stereocenters. The zero-order valence-electron chi connectivity index (χ0n) is 14.2. The molecule has 21 heavy (non-hydrogen) atoms. The first-order valence-electron chi connectivity index (χ1n) is 7.65. The fraction of sp³-hybridized carbons (Fsp3) is 0.526. The summed E-state index contributed by atoms with van der Waals surface area (Å²) in [6.07, 6.45) is 5.91. The van der Waals surface area contributed by atoms with Gasteiger partial charge in [0.25, 0.3) is 0 Å². The lowest BCUT2D eigenvalue weighted by Gasteiger charge is -2.21. The number of ketones is 1. The second-order valence-corrected chi connectivity index (χ2v) is 6.37. The molecule has 0 amide bonds. The van der Waals surface area contributed by atoms with E-state index in [1.54, 1.807) is 6.92 Å². The molecule has 0 fully saturated rings. The first-order valence-corrected chi connectivity index (χ1v) is 7.65. The van der Waals surface area contributed by atoms with E-state index >= 15 is 0 Å². The molecular formula is C19H28O2. The van der Waals surface area contributed by atoms with E-state index in [1.807, 2.05) is 26.8 Å². The Labute approximate surface area is 129 Å². The number of rotatable bonds is 7. The van der Waals surface area contributed by atoms with Crippen molar-refractivity contribution in [3.05, 3.63) is 34.9 Å². The van der Waals surface area contributed by atoms with Gasteiger partial charge in [-0.2, -0.15) is 0 Å². The fourth-order valence-corrected chi connectivity index (χ4v) is 2.20. The number of carbonyl (C=O) groups excluding carboxylic acids is 1. The molecule has 0 radical (unpaired) electrons. The molecule has 0 aromatic heterocycles. The van der Waals surface area contributed by atoms with E-state index in [9.17, 15) is 4.79 Å². The van der Waals surface area contributed by atoms with Gasteiger partial charge in [0.15, 0.2) is 0 Å². The van der Waals surface area contributed by atoms with Gasteiger partial charge in [0.05, 0.1) is 6.61 Å². The van der Waals surface area contributed by atoms with E-state index in [0.717, 1.165) is 24.2 Å². The van der Waals surface area contributed by atoms with Crippen molar-refractivity contribution in [3.63, 3.8) is 0 Å². The lowest BCUT2D eigenvalue weighted by atomic mass is 9.84. The average Bonchev–Trinajstić information content (AvgIpc) is 2.39. The van der Waals surface area contributed by atoms with Gasteiger partial charge >= 0.3 is 0 Å². The molecule has 0 bridgehead atoms. The van der Waals surface area contributed by atoms with Crippen LogP contribution in [-0.2, 0) is 4.79 Å². The van der Waals surface area contributed by atoms with Crippen molar-refractivity contribution in [2.75, 3.05) is 6.61 Å². The summed E-state index contributed by atoms with van der Waals surface area (Å²) in [5.41, 5.74) is 3.36. The van der Waals surface area contributed by atoms with E-state index in [1.165, 1.54) is 11.1 Å². The van der Waals surface area contributed by atoms with Crippen LogP contribution in [0.2, 0.25) is 0 Å². The van der Waals surface area contributed by atoms with Crippen LogP contribution >= 0.6 is 0 Å². The molecule has 0 N–H and O–H groups in total. The molecule has 0 heterocycles. The molecule has 1 aromatic rings. The lowest BCUT2D eigenvalue weighted by Crippen LogP contribution is -2.22. The number of aryl methyl sites for hydroxylation is 2. The van der Waals surface area contributed by atoms with Crippen LogP contribution in [0.25, 0.3) is 6.08 Å². The Morgan fingerprint density at radius 3 is 2.48 bits per heavy atom. The molecule has 0 atom stereocenters. The second kappa shape index (κ2) is 7.44. The maximum atomic E-state index is 11.5. The van der Waals surface area contributed by atoms with Gasteiger partial charge in [-0.1, -0.05) is 26.0 Å². The summed E-state index contributed by atoms with van der Waals surface area (Å²) in [6.45, 7) is 12.5. The Bertz CT molecular complexity index is 525. The molecule has 0 spiro atoms. The third-order valence-corrected chi connectivity index (χ3v) is 4.07. The molecule has 0 saturated heterocycles. The first-order chi connectivity index (χ1) is 9.77. The van der Waals surface area contributed by atoms with Crippen molar-refractivity contribution in [1.29, 1.82) is 0 Å². The molecule has 2 heteroatoms. The Hall–Kier alpha value is -1.57. The van der Waals surface area contributed by atoms with Crippen molar-refractivity contribution in [2.45, 2.75) is 54.4 Å². The summed E-state index contributed by atoms with van der Waals surface area (Å²) >= 11 is 0. The van der Waals surface area contributed by atoms with Crippen molar-refractivity contribution in [1.82, 2.24) is 0 Å². The van der Waals surface area contributed by atoms with E-state index in [-0.39, 0.29) is 11.2 Å². The number of benzene rings is 1. The molecular weight excluding hydrogens is 260 g/mol. The number of hydrogen-bond acceptors (Lipinski definition) is 2. The van der Waals surface area contributed by atoms with Crippen molar-refractivity contribution < 1.29 is 9.53 Å². The maximum Gasteiger partial charge on any atom is 0.135 e. The molecule has 2 nitrogen and oxygen atoms in total. The van der Waals surface area contributed by atoms with Gasteiger partial charge in [-0.25, -0.2) is 0 Å². The minimum absolute atomic E-state index is 0.241. The van der Waals surface area contributed by atoms with Crippen LogP contribution in [0, 0.1) is 19.3 Å². The molecule has 0 aliphatic heterocycles. The third-order valence-electron chi connectivity index (χ3n) is 4.07. The zero-order chi connectivity index (χ0) is 16.0. The van der Waals surface area contributed by atoms with Crippen LogP contribution in [0.3, 0.4) is 0 Å². The standard InChI is InChI=1S/C19H28O2/c1-7-9-17-12-15(3)18(13-14(17)2)21-11-8-10-19(5,6)16(4)20/h7,9,12-13H,8,10-11H2,1-6H3. The molecule has 0 saturated carbocycles. The van der Waals surface area contributed by atoms with Gasteiger partial charge in [-0.05, 0) is 69.4 Å². The van der Waals surface area contributed by atoms with Crippen molar-refractivity contribution >= 4 is 11.9 Å². The normalized spacial score (nSPS) is 11.9. The summed E-state index contributed by atoms with van der Waals surface area (Å²) in [5.74, 6) is 1.19. The number of Topliss-reactive ketones (excluding diaryl/α,β-unsaturated/α-hetero) is 1. The summed E-state index contributed by atoms with van der Waals surface area (Å²) in [5, 5.41) is 0. The molecule has 1 aromatic carbocycles. The van der Waals surface area contributed by atoms with E-state index < -0.39 is 0 Å². The largest absolute Gasteiger partial charge is 0.493 e. The highest BCUT2D eigenvalue weighted by molar-refractivity contribution is 5.81. The number of carbonyl (C=O) groups is 1. The highest BCUT2D eigenvalue weighted by atomic mass is 16.5. The van der Waals surface area contributed by atoms with Crippen molar-refractivity contribution in [2.24, 2.45) is 5.41 Å². The number of ether oxygens (including phenoxy) is 1. The third kappa shape index (κ3) is 5.04. The van der Waals surface area contributed by atoms with Gasteiger partial charge in [-0.15, -0.1) is 0 Å².